The fraction of sp³-hybridized carbons (Fsp3) is 0.154. The van der Waals surface area contributed by atoms with Gasteiger partial charge in [0, 0.05) is 33.8 Å². The average molecular weight is 403 g/mol. The number of H-pyrrole nitrogens is 1. The maximum atomic E-state index is 9.42. The maximum absolute atomic E-state index is 9.42. The van der Waals surface area contributed by atoms with Crippen LogP contribution in [0, 0.1) is 18.3 Å². The standard InChI is InChI=1S/C26H21N5/c1-16-4-5-19(13-28-16)18-8-11-22-21(12-18)24-23(14-29-22)30-31-25(24)17-6-9-20(10-7-17)26(2,3)15-27/h4-14H,1-3H3,(H,30,31). The van der Waals surface area contributed by atoms with Gasteiger partial charge in [-0.25, -0.2) is 0 Å². The summed E-state index contributed by atoms with van der Waals surface area (Å²) in [5, 5.41) is 19.2. The van der Waals surface area contributed by atoms with Gasteiger partial charge in [0.1, 0.15) is 5.69 Å². The fourth-order valence-electron chi connectivity index (χ4n) is 3.84. The zero-order chi connectivity index (χ0) is 21.6. The summed E-state index contributed by atoms with van der Waals surface area (Å²) in [4.78, 5) is 9.03. The first kappa shape index (κ1) is 19.0. The van der Waals surface area contributed by atoms with E-state index in [0.29, 0.717) is 0 Å². The molecule has 2 aromatic carbocycles. The predicted octanol–water partition coefficient (Wildman–Crippen LogP) is 5.95. The molecule has 3 aromatic heterocycles. The first-order chi connectivity index (χ1) is 15.0. The molecule has 0 bridgehead atoms. The van der Waals surface area contributed by atoms with Gasteiger partial charge in [-0.1, -0.05) is 36.4 Å². The number of nitriles is 1. The van der Waals surface area contributed by atoms with Crippen LogP contribution in [0.15, 0.2) is 67.0 Å². The number of aromatic amines is 1. The van der Waals surface area contributed by atoms with Crippen molar-refractivity contribution in [1.29, 1.82) is 5.26 Å². The molecule has 3 heterocycles. The van der Waals surface area contributed by atoms with Gasteiger partial charge in [0.05, 0.1) is 28.7 Å². The van der Waals surface area contributed by atoms with Crippen LogP contribution in [0.1, 0.15) is 25.1 Å². The molecule has 0 fully saturated rings. The summed E-state index contributed by atoms with van der Waals surface area (Å²) >= 11 is 0. The third-order valence-electron chi connectivity index (χ3n) is 5.80. The van der Waals surface area contributed by atoms with Gasteiger partial charge in [-0.05, 0) is 50.1 Å². The van der Waals surface area contributed by atoms with E-state index in [1.807, 2.05) is 69.6 Å². The van der Waals surface area contributed by atoms with Crippen molar-refractivity contribution in [2.45, 2.75) is 26.2 Å². The monoisotopic (exact) mass is 403 g/mol. The third-order valence-corrected chi connectivity index (χ3v) is 5.80. The molecule has 0 radical (unpaired) electrons. The molecule has 0 saturated heterocycles. The number of benzene rings is 2. The number of fused-ring (bicyclic) bond motifs is 3. The molecular weight excluding hydrogens is 382 g/mol. The zero-order valence-electron chi connectivity index (χ0n) is 17.6. The van der Waals surface area contributed by atoms with Crippen LogP contribution >= 0.6 is 0 Å². The molecule has 31 heavy (non-hydrogen) atoms. The Kier molecular flexibility index (Phi) is 4.30. The zero-order valence-corrected chi connectivity index (χ0v) is 17.6. The van der Waals surface area contributed by atoms with E-state index in [9.17, 15) is 5.26 Å². The van der Waals surface area contributed by atoms with Crippen LogP contribution in [-0.4, -0.2) is 20.2 Å². The number of aryl methyl sites for hydroxylation is 1. The number of hydrogen-bond donors (Lipinski definition) is 1. The normalized spacial score (nSPS) is 11.7. The molecule has 5 aromatic rings. The number of aromatic nitrogens is 4. The molecule has 5 rings (SSSR count). The maximum Gasteiger partial charge on any atom is 0.101 e. The second-order valence-electron chi connectivity index (χ2n) is 8.35. The molecule has 0 saturated carbocycles. The molecule has 0 aliphatic rings. The Morgan fingerprint density at radius 2 is 1.61 bits per heavy atom. The lowest BCUT2D eigenvalue weighted by molar-refractivity contribution is 0.687. The van der Waals surface area contributed by atoms with Crippen LogP contribution in [0.4, 0.5) is 0 Å². The SMILES string of the molecule is Cc1ccc(-c2ccc3ncc4[nH]nc(-c5ccc(C(C)(C)C#N)cc5)c4c3c2)cn1. The smallest absolute Gasteiger partial charge is 0.101 e. The number of hydrogen-bond acceptors (Lipinski definition) is 4. The van der Waals surface area contributed by atoms with Crippen molar-refractivity contribution < 1.29 is 0 Å². The quantitative estimate of drug-likeness (QED) is 0.404. The second-order valence-corrected chi connectivity index (χ2v) is 8.35. The van der Waals surface area contributed by atoms with Gasteiger partial charge >= 0.3 is 0 Å². The van der Waals surface area contributed by atoms with Crippen molar-refractivity contribution in [3.05, 3.63) is 78.2 Å². The van der Waals surface area contributed by atoms with Gasteiger partial charge in [0.25, 0.3) is 0 Å². The van der Waals surface area contributed by atoms with E-state index in [1.54, 1.807) is 0 Å². The average Bonchev–Trinajstić information content (AvgIpc) is 3.24. The lowest BCUT2D eigenvalue weighted by Gasteiger charge is -2.15. The molecule has 0 aliphatic heterocycles. The summed E-state index contributed by atoms with van der Waals surface area (Å²) in [6, 6.07) is 20.8. The number of rotatable bonds is 3. The third kappa shape index (κ3) is 3.23. The molecule has 1 N–H and O–H groups in total. The first-order valence-corrected chi connectivity index (χ1v) is 10.2. The highest BCUT2D eigenvalue weighted by Gasteiger charge is 2.20. The van der Waals surface area contributed by atoms with Gasteiger partial charge in [-0.2, -0.15) is 10.4 Å². The minimum absolute atomic E-state index is 0.528. The van der Waals surface area contributed by atoms with Crippen molar-refractivity contribution in [2.24, 2.45) is 0 Å². The van der Waals surface area contributed by atoms with Crippen molar-refractivity contribution in [2.75, 3.05) is 0 Å². The Morgan fingerprint density at radius 1 is 0.871 bits per heavy atom. The Bertz CT molecular complexity index is 1450. The molecule has 0 aliphatic carbocycles. The van der Waals surface area contributed by atoms with Crippen LogP contribution in [0.3, 0.4) is 0 Å². The lowest BCUT2D eigenvalue weighted by atomic mass is 9.86. The highest BCUT2D eigenvalue weighted by atomic mass is 15.1. The van der Waals surface area contributed by atoms with Crippen molar-refractivity contribution in [1.82, 2.24) is 20.2 Å². The van der Waals surface area contributed by atoms with Crippen LogP contribution in [-0.2, 0) is 5.41 Å². The summed E-state index contributed by atoms with van der Waals surface area (Å²) in [5.41, 5.74) is 7.30. The Hall–Kier alpha value is -4.04. The lowest BCUT2D eigenvalue weighted by Crippen LogP contribution is -2.13. The van der Waals surface area contributed by atoms with Crippen LogP contribution in [0.5, 0.6) is 0 Å². The van der Waals surface area contributed by atoms with E-state index in [4.69, 9.17) is 0 Å². The number of nitrogens with zero attached hydrogens (tertiary/aromatic N) is 4. The number of nitrogens with one attached hydrogen (secondary N) is 1. The second kappa shape index (κ2) is 7.03. The highest BCUT2D eigenvalue weighted by Crippen LogP contribution is 2.34. The van der Waals surface area contributed by atoms with Gasteiger partial charge in [0.2, 0.25) is 0 Å². The van der Waals surface area contributed by atoms with E-state index < -0.39 is 5.41 Å². The molecule has 5 nitrogen and oxygen atoms in total. The summed E-state index contributed by atoms with van der Waals surface area (Å²) < 4.78 is 0. The minimum atomic E-state index is -0.528. The van der Waals surface area contributed by atoms with Gasteiger partial charge in [-0.3, -0.25) is 15.1 Å². The van der Waals surface area contributed by atoms with Crippen LogP contribution in [0.2, 0.25) is 0 Å². The van der Waals surface area contributed by atoms with E-state index in [1.165, 1.54) is 0 Å². The van der Waals surface area contributed by atoms with Crippen molar-refractivity contribution in [3.8, 4) is 28.5 Å². The van der Waals surface area contributed by atoms with Gasteiger partial charge in [-0.15, -0.1) is 0 Å². The fourth-order valence-corrected chi connectivity index (χ4v) is 3.84. The van der Waals surface area contributed by atoms with Crippen molar-refractivity contribution in [3.63, 3.8) is 0 Å². The summed E-state index contributed by atoms with van der Waals surface area (Å²) in [5.74, 6) is 0. The first-order valence-electron chi connectivity index (χ1n) is 10.2. The Balaban J connectivity index is 1.68. The predicted molar refractivity (Wildman–Crippen MR) is 123 cm³/mol. The summed E-state index contributed by atoms with van der Waals surface area (Å²) in [6.45, 7) is 5.83. The van der Waals surface area contributed by atoms with Gasteiger partial charge in [0.15, 0.2) is 0 Å². The summed E-state index contributed by atoms with van der Waals surface area (Å²) in [7, 11) is 0. The highest BCUT2D eigenvalue weighted by molar-refractivity contribution is 6.11. The summed E-state index contributed by atoms with van der Waals surface area (Å²) in [6.07, 6.45) is 3.73. The topological polar surface area (TPSA) is 78.2 Å². The van der Waals surface area contributed by atoms with E-state index in [0.717, 1.165) is 55.4 Å². The largest absolute Gasteiger partial charge is 0.276 e. The molecule has 0 spiro atoms. The van der Waals surface area contributed by atoms with E-state index in [-0.39, 0.29) is 0 Å². The van der Waals surface area contributed by atoms with E-state index in [2.05, 4.69) is 44.4 Å². The molecular formula is C26H21N5. The van der Waals surface area contributed by atoms with E-state index >= 15 is 0 Å². The van der Waals surface area contributed by atoms with Crippen LogP contribution < -0.4 is 0 Å². The van der Waals surface area contributed by atoms with Gasteiger partial charge < -0.3 is 0 Å². The molecule has 150 valence electrons. The number of pyridine rings is 2. The van der Waals surface area contributed by atoms with Crippen LogP contribution in [0.25, 0.3) is 44.2 Å². The molecule has 0 unspecified atom stereocenters. The Morgan fingerprint density at radius 3 is 2.32 bits per heavy atom. The Labute approximate surface area is 180 Å². The minimum Gasteiger partial charge on any atom is -0.276 e. The molecule has 5 heteroatoms. The molecule has 0 amide bonds. The van der Waals surface area contributed by atoms with Crippen molar-refractivity contribution >= 4 is 21.8 Å². The molecule has 0 atom stereocenters.